The normalized spacial score (nSPS) is 11.5. The largest absolute Gasteiger partial charge is 0.450 e. The third kappa shape index (κ3) is 3.60. The van der Waals surface area contributed by atoms with E-state index in [0.29, 0.717) is 5.69 Å². The first-order valence-corrected chi connectivity index (χ1v) is 5.26. The number of ketones is 1. The van der Waals surface area contributed by atoms with E-state index >= 15 is 0 Å². The van der Waals surface area contributed by atoms with E-state index in [-0.39, 0.29) is 18.1 Å². The molecule has 2 heterocycles. The summed E-state index contributed by atoms with van der Waals surface area (Å²) in [7, 11) is 0. The van der Waals surface area contributed by atoms with Crippen molar-refractivity contribution in [2.45, 2.75) is 19.0 Å². The zero-order chi connectivity index (χ0) is 13.9. The summed E-state index contributed by atoms with van der Waals surface area (Å²) in [4.78, 5) is 18.5. The van der Waals surface area contributed by atoms with Crippen molar-refractivity contribution in [2.24, 2.45) is 0 Å². The topological polar surface area (TPSA) is 68.9 Å². The van der Waals surface area contributed by atoms with Crippen molar-refractivity contribution in [3.8, 4) is 0 Å². The average Bonchev–Trinajstić information content (AvgIpc) is 2.76. The Morgan fingerprint density at radius 2 is 2.11 bits per heavy atom. The molecule has 8 heteroatoms. The van der Waals surface area contributed by atoms with E-state index in [2.05, 4.69) is 19.6 Å². The van der Waals surface area contributed by atoms with Gasteiger partial charge in [0.15, 0.2) is 5.82 Å². The van der Waals surface area contributed by atoms with Crippen molar-refractivity contribution >= 4 is 5.78 Å². The van der Waals surface area contributed by atoms with Crippen LogP contribution in [0.3, 0.4) is 0 Å². The van der Waals surface area contributed by atoms with Gasteiger partial charge in [-0.25, -0.2) is 0 Å². The fourth-order valence-electron chi connectivity index (χ4n) is 1.34. The van der Waals surface area contributed by atoms with E-state index in [4.69, 9.17) is 0 Å². The smallest absolute Gasteiger partial charge is 0.339 e. The second-order valence-electron chi connectivity index (χ2n) is 3.70. The molecule has 0 N–H and O–H groups in total. The Hall–Kier alpha value is -2.25. The van der Waals surface area contributed by atoms with Crippen molar-refractivity contribution in [1.29, 1.82) is 0 Å². The Labute approximate surface area is 105 Å². The quantitative estimate of drug-likeness (QED) is 0.847. The zero-order valence-corrected chi connectivity index (χ0v) is 9.52. The number of rotatable bonds is 4. The van der Waals surface area contributed by atoms with E-state index < -0.39 is 18.4 Å². The third-order valence-corrected chi connectivity index (χ3v) is 2.20. The average molecular weight is 271 g/mol. The maximum Gasteiger partial charge on any atom is 0.450 e. The van der Waals surface area contributed by atoms with Gasteiger partial charge in [-0.2, -0.15) is 18.2 Å². The molecule has 0 atom stereocenters. The number of halogens is 3. The molecule has 2 aromatic heterocycles. The van der Waals surface area contributed by atoms with Gasteiger partial charge in [0, 0.05) is 11.9 Å². The molecule has 0 aliphatic heterocycles. The van der Waals surface area contributed by atoms with E-state index in [1.807, 2.05) is 0 Å². The van der Waals surface area contributed by atoms with Crippen LogP contribution in [0.4, 0.5) is 13.2 Å². The summed E-state index contributed by atoms with van der Waals surface area (Å²) in [5, 5.41) is 3.50. The zero-order valence-electron chi connectivity index (χ0n) is 9.52. The lowest BCUT2D eigenvalue weighted by molar-refractivity contribution is -0.170. The number of carbonyl (C=O) groups is 1. The molecule has 0 spiro atoms. The number of Topliss-reactive ketones (excluding diaryl/α,β-unsaturated/α-hetero) is 1. The van der Waals surface area contributed by atoms with Gasteiger partial charge in [0.05, 0.1) is 12.8 Å². The summed E-state index contributed by atoms with van der Waals surface area (Å²) >= 11 is 0. The summed E-state index contributed by atoms with van der Waals surface area (Å²) in [5.74, 6) is -2.09. The van der Waals surface area contributed by atoms with Gasteiger partial charge < -0.3 is 4.52 Å². The highest BCUT2D eigenvalue weighted by Gasteiger charge is 2.39. The third-order valence-electron chi connectivity index (χ3n) is 2.20. The highest BCUT2D eigenvalue weighted by molar-refractivity contribution is 5.85. The molecule has 0 aromatic carbocycles. The van der Waals surface area contributed by atoms with Crippen LogP contribution in [0.15, 0.2) is 28.9 Å². The van der Waals surface area contributed by atoms with Crippen LogP contribution in [-0.4, -0.2) is 27.1 Å². The van der Waals surface area contributed by atoms with Crippen molar-refractivity contribution in [2.75, 3.05) is 0 Å². The first kappa shape index (κ1) is 13.2. The molecule has 0 aliphatic carbocycles. The molecule has 5 nitrogen and oxygen atoms in total. The maximum absolute atomic E-state index is 12.0. The minimum Gasteiger partial charge on any atom is -0.339 e. The first-order chi connectivity index (χ1) is 8.95. The Balaban J connectivity index is 2.02. The summed E-state index contributed by atoms with van der Waals surface area (Å²) in [5.41, 5.74) is 0.650. The van der Waals surface area contributed by atoms with Gasteiger partial charge in [-0.15, -0.1) is 0 Å². The second-order valence-corrected chi connectivity index (χ2v) is 3.70. The molecule has 0 aliphatic rings. The number of alkyl halides is 3. The molecule has 0 radical (unpaired) electrons. The Kier molecular flexibility index (Phi) is 3.59. The maximum atomic E-state index is 12.0. The van der Waals surface area contributed by atoms with Gasteiger partial charge >= 0.3 is 6.18 Å². The predicted molar refractivity (Wildman–Crippen MR) is 56.1 cm³/mol. The monoisotopic (exact) mass is 271 g/mol. The summed E-state index contributed by atoms with van der Waals surface area (Å²) in [6, 6.07) is 5.21. The van der Waals surface area contributed by atoms with Gasteiger partial charge in [-0.05, 0) is 12.1 Å². The predicted octanol–water partition coefficient (Wildman–Crippen LogP) is 1.73. The van der Waals surface area contributed by atoms with Gasteiger partial charge in [-0.1, -0.05) is 11.2 Å². The molecule has 0 unspecified atom stereocenters. The number of pyridine rings is 1. The minimum absolute atomic E-state index is 0.184. The van der Waals surface area contributed by atoms with Crippen molar-refractivity contribution in [3.63, 3.8) is 0 Å². The van der Waals surface area contributed by atoms with Crippen LogP contribution >= 0.6 is 0 Å². The summed E-state index contributed by atoms with van der Waals surface area (Å²) in [6.45, 7) is 0. The first-order valence-electron chi connectivity index (χ1n) is 5.26. The van der Waals surface area contributed by atoms with Crippen LogP contribution in [-0.2, 0) is 17.6 Å². The SMILES string of the molecule is O=C(Cc1nc(Cc2ccccn2)no1)C(F)(F)F. The van der Waals surface area contributed by atoms with Crippen LogP contribution in [0.1, 0.15) is 17.4 Å². The molecule has 0 saturated carbocycles. The standard InChI is InChI=1S/C11H8F3N3O2/c12-11(13,14)8(18)6-10-16-9(17-19-10)5-7-3-1-2-4-15-7/h1-4H,5-6H2. The van der Waals surface area contributed by atoms with Gasteiger partial charge in [0.2, 0.25) is 11.7 Å². The van der Waals surface area contributed by atoms with Gasteiger partial charge in [-0.3, -0.25) is 9.78 Å². The molecule has 0 amide bonds. The Morgan fingerprint density at radius 3 is 2.74 bits per heavy atom. The lowest BCUT2D eigenvalue weighted by Crippen LogP contribution is -2.24. The second kappa shape index (κ2) is 5.17. The lowest BCUT2D eigenvalue weighted by Gasteiger charge is -2.00. The van der Waals surface area contributed by atoms with Crippen molar-refractivity contribution in [1.82, 2.24) is 15.1 Å². The number of hydrogen-bond donors (Lipinski definition) is 0. The number of carbonyl (C=O) groups excluding carboxylic acids is 1. The summed E-state index contributed by atoms with van der Waals surface area (Å²) in [6.07, 6.45) is -4.04. The van der Waals surface area contributed by atoms with Crippen LogP contribution in [0.5, 0.6) is 0 Å². The molecule has 2 aromatic rings. The number of nitrogens with zero attached hydrogens (tertiary/aromatic N) is 3. The highest BCUT2D eigenvalue weighted by atomic mass is 19.4. The molecule has 0 fully saturated rings. The Morgan fingerprint density at radius 1 is 1.32 bits per heavy atom. The molecule has 2 rings (SSSR count). The van der Waals surface area contributed by atoms with Crippen molar-refractivity contribution in [3.05, 3.63) is 41.8 Å². The van der Waals surface area contributed by atoms with Crippen LogP contribution in [0, 0.1) is 0 Å². The van der Waals surface area contributed by atoms with Crippen LogP contribution in [0.2, 0.25) is 0 Å². The fourth-order valence-corrected chi connectivity index (χ4v) is 1.34. The molecule has 0 saturated heterocycles. The molecule has 0 bridgehead atoms. The van der Waals surface area contributed by atoms with E-state index in [9.17, 15) is 18.0 Å². The van der Waals surface area contributed by atoms with Gasteiger partial charge in [0.1, 0.15) is 0 Å². The number of hydrogen-bond acceptors (Lipinski definition) is 5. The fraction of sp³-hybridized carbons (Fsp3) is 0.273. The lowest BCUT2D eigenvalue weighted by atomic mass is 10.2. The molecular weight excluding hydrogens is 263 g/mol. The summed E-state index contributed by atoms with van der Waals surface area (Å²) < 4.78 is 40.7. The van der Waals surface area contributed by atoms with Crippen molar-refractivity contribution < 1.29 is 22.5 Å². The number of aromatic nitrogens is 3. The Bertz CT molecular complexity index is 566. The van der Waals surface area contributed by atoms with Gasteiger partial charge in [0.25, 0.3) is 0 Å². The van der Waals surface area contributed by atoms with E-state index in [1.54, 1.807) is 24.4 Å². The van der Waals surface area contributed by atoms with E-state index in [0.717, 1.165) is 0 Å². The van der Waals surface area contributed by atoms with Crippen LogP contribution < -0.4 is 0 Å². The van der Waals surface area contributed by atoms with E-state index in [1.165, 1.54) is 0 Å². The molecule has 19 heavy (non-hydrogen) atoms. The van der Waals surface area contributed by atoms with Crippen LogP contribution in [0.25, 0.3) is 0 Å². The minimum atomic E-state index is -4.89. The molecular formula is C11H8F3N3O2. The molecule has 100 valence electrons. The highest BCUT2D eigenvalue weighted by Crippen LogP contribution is 2.18.